The summed E-state index contributed by atoms with van der Waals surface area (Å²) in [7, 11) is -2.36. The molecule has 1 N–H and O–H groups in total. The van der Waals surface area contributed by atoms with Crippen molar-refractivity contribution in [2.75, 3.05) is 33.3 Å². The molecule has 0 aromatic heterocycles. The highest BCUT2D eigenvalue weighted by atomic mass is 31.2. The van der Waals surface area contributed by atoms with Crippen LogP contribution in [0.1, 0.15) is 17.2 Å². The number of nitrogens with zero attached hydrogens (tertiary/aromatic N) is 2. The summed E-state index contributed by atoms with van der Waals surface area (Å²) in [6, 6.07) is 20.9. The summed E-state index contributed by atoms with van der Waals surface area (Å²) in [4.78, 5) is 12.2. The van der Waals surface area contributed by atoms with Gasteiger partial charge in [0.25, 0.3) is 0 Å². The topological polar surface area (TPSA) is 53.0 Å². The van der Waals surface area contributed by atoms with Crippen LogP contribution in [0.25, 0.3) is 0 Å². The molecule has 6 heteroatoms. The fraction of sp³-hybridized carbons (Fsp3) is 0.333. The predicted octanol–water partition coefficient (Wildman–Crippen LogP) is 3.14. The number of rotatable bonds is 5. The number of hydrogen-bond acceptors (Lipinski definition) is 3. The van der Waals surface area contributed by atoms with E-state index >= 15 is 0 Å². The predicted molar refractivity (Wildman–Crippen MR) is 94.7 cm³/mol. The van der Waals surface area contributed by atoms with Gasteiger partial charge in [-0.25, -0.2) is 9.24 Å². The van der Waals surface area contributed by atoms with E-state index in [0.29, 0.717) is 26.2 Å². The van der Waals surface area contributed by atoms with Crippen molar-refractivity contribution in [1.82, 2.24) is 9.57 Å². The molecule has 0 amide bonds. The van der Waals surface area contributed by atoms with E-state index in [0.717, 1.165) is 0 Å². The Hall–Kier alpha value is -1.49. The lowest BCUT2D eigenvalue weighted by molar-refractivity contribution is 0.130. The Morgan fingerprint density at radius 2 is 1.38 bits per heavy atom. The standard InChI is InChI=1S/C18H23N2O3P/c1-23-24(21,22)20-14-12-19(13-15-20)18(16-8-4-2-5-9-16)17-10-6-3-7-11-17/h2-11,18H,12-15H2,1H3,(H,21,22). The van der Waals surface area contributed by atoms with Crippen molar-refractivity contribution in [3.05, 3.63) is 71.8 Å². The van der Waals surface area contributed by atoms with Crippen LogP contribution in [0.4, 0.5) is 0 Å². The summed E-state index contributed by atoms with van der Waals surface area (Å²) >= 11 is 0. The van der Waals surface area contributed by atoms with Gasteiger partial charge in [-0.3, -0.25) is 4.90 Å². The van der Waals surface area contributed by atoms with Gasteiger partial charge in [0.1, 0.15) is 0 Å². The molecule has 0 bridgehead atoms. The molecule has 24 heavy (non-hydrogen) atoms. The zero-order valence-corrected chi connectivity index (χ0v) is 14.7. The Bertz CT molecular complexity index is 648. The molecule has 3 rings (SSSR count). The molecule has 128 valence electrons. The van der Waals surface area contributed by atoms with Crippen LogP contribution in [0.3, 0.4) is 0 Å². The number of benzene rings is 2. The first-order valence-electron chi connectivity index (χ1n) is 8.10. The van der Waals surface area contributed by atoms with Crippen LogP contribution in [-0.4, -0.2) is 47.8 Å². The van der Waals surface area contributed by atoms with Gasteiger partial charge in [-0.15, -0.1) is 0 Å². The van der Waals surface area contributed by atoms with E-state index in [2.05, 4.69) is 29.2 Å². The summed E-state index contributed by atoms with van der Waals surface area (Å²) in [5, 5.41) is 0. The Balaban J connectivity index is 1.82. The van der Waals surface area contributed by atoms with Gasteiger partial charge in [-0.05, 0) is 11.1 Å². The molecule has 1 aliphatic rings. The molecule has 2 aromatic carbocycles. The Labute approximate surface area is 143 Å². The van der Waals surface area contributed by atoms with E-state index in [-0.39, 0.29) is 6.04 Å². The molecule has 0 radical (unpaired) electrons. The highest BCUT2D eigenvalue weighted by Crippen LogP contribution is 2.46. The van der Waals surface area contributed by atoms with Crippen LogP contribution in [0, 0.1) is 0 Å². The third-order valence-corrected chi connectivity index (χ3v) is 6.07. The van der Waals surface area contributed by atoms with E-state index in [4.69, 9.17) is 4.52 Å². The average Bonchev–Trinajstić information content (AvgIpc) is 2.64. The molecule has 2 aromatic rings. The minimum Gasteiger partial charge on any atom is -0.312 e. The maximum Gasteiger partial charge on any atom is 0.405 e. The van der Waals surface area contributed by atoms with Gasteiger partial charge in [-0.1, -0.05) is 60.7 Å². The molecule has 1 heterocycles. The molecule has 1 unspecified atom stereocenters. The number of piperazine rings is 1. The molecule has 5 nitrogen and oxygen atoms in total. The van der Waals surface area contributed by atoms with Crippen LogP contribution in [-0.2, 0) is 9.09 Å². The molecule has 1 saturated heterocycles. The van der Waals surface area contributed by atoms with Gasteiger partial charge in [-0.2, -0.15) is 0 Å². The zero-order valence-electron chi connectivity index (χ0n) is 13.8. The van der Waals surface area contributed by atoms with E-state index in [9.17, 15) is 9.46 Å². The van der Waals surface area contributed by atoms with Crippen molar-refractivity contribution in [2.24, 2.45) is 0 Å². The molecule has 1 fully saturated rings. The normalized spacial score (nSPS) is 19.3. The maximum atomic E-state index is 12.0. The minimum atomic E-state index is -3.64. The van der Waals surface area contributed by atoms with E-state index in [1.165, 1.54) is 22.9 Å². The summed E-state index contributed by atoms with van der Waals surface area (Å²) < 4.78 is 18.3. The number of hydrogen-bond donors (Lipinski definition) is 1. The van der Waals surface area contributed by atoms with Gasteiger partial charge in [0.15, 0.2) is 0 Å². The van der Waals surface area contributed by atoms with Crippen LogP contribution >= 0.6 is 7.75 Å². The summed E-state index contributed by atoms with van der Waals surface area (Å²) in [6.07, 6.45) is 0. The monoisotopic (exact) mass is 346 g/mol. The maximum absolute atomic E-state index is 12.0. The van der Waals surface area contributed by atoms with Crippen molar-refractivity contribution >= 4 is 7.75 Å². The fourth-order valence-electron chi connectivity index (χ4n) is 3.22. The lowest BCUT2D eigenvalue weighted by atomic mass is 9.96. The Kier molecular flexibility index (Phi) is 5.49. The highest BCUT2D eigenvalue weighted by Gasteiger charge is 2.34. The van der Waals surface area contributed by atoms with Gasteiger partial charge in [0.2, 0.25) is 0 Å². The molecule has 1 aliphatic heterocycles. The second-order valence-corrected chi connectivity index (χ2v) is 7.80. The first-order valence-corrected chi connectivity index (χ1v) is 9.63. The smallest absolute Gasteiger partial charge is 0.312 e. The van der Waals surface area contributed by atoms with Gasteiger partial charge in [0, 0.05) is 33.3 Å². The van der Waals surface area contributed by atoms with Gasteiger partial charge < -0.3 is 9.42 Å². The van der Waals surface area contributed by atoms with Crippen LogP contribution < -0.4 is 0 Å². The molecule has 0 aliphatic carbocycles. The van der Waals surface area contributed by atoms with Gasteiger partial charge in [0.05, 0.1) is 6.04 Å². The Morgan fingerprint density at radius 1 is 0.917 bits per heavy atom. The third-order valence-electron chi connectivity index (χ3n) is 4.48. The second kappa shape index (κ2) is 7.60. The molecule has 0 spiro atoms. The van der Waals surface area contributed by atoms with E-state index in [1.54, 1.807) is 0 Å². The largest absolute Gasteiger partial charge is 0.405 e. The van der Waals surface area contributed by atoms with Crippen LogP contribution in [0.2, 0.25) is 0 Å². The van der Waals surface area contributed by atoms with Gasteiger partial charge >= 0.3 is 7.75 Å². The van der Waals surface area contributed by atoms with Crippen LogP contribution in [0.15, 0.2) is 60.7 Å². The molecule has 1 atom stereocenters. The summed E-state index contributed by atoms with van der Waals surface area (Å²) in [6.45, 7) is 2.44. The van der Waals surface area contributed by atoms with Crippen molar-refractivity contribution in [2.45, 2.75) is 6.04 Å². The second-order valence-electron chi connectivity index (χ2n) is 5.89. The summed E-state index contributed by atoms with van der Waals surface area (Å²) in [5.41, 5.74) is 2.46. The lowest BCUT2D eigenvalue weighted by Crippen LogP contribution is -2.46. The van der Waals surface area contributed by atoms with Crippen molar-refractivity contribution in [1.29, 1.82) is 0 Å². The Morgan fingerprint density at radius 3 is 1.79 bits per heavy atom. The SMILES string of the molecule is COP(=O)(O)N1CCN(C(c2ccccc2)c2ccccc2)CC1. The first-order chi connectivity index (χ1) is 11.6. The lowest BCUT2D eigenvalue weighted by Gasteiger charge is -2.40. The average molecular weight is 346 g/mol. The minimum absolute atomic E-state index is 0.148. The summed E-state index contributed by atoms with van der Waals surface area (Å²) in [5.74, 6) is 0. The fourth-order valence-corrected chi connectivity index (χ4v) is 4.14. The molecular weight excluding hydrogens is 323 g/mol. The zero-order chi connectivity index (χ0) is 17.0. The van der Waals surface area contributed by atoms with Crippen molar-refractivity contribution in [3.63, 3.8) is 0 Å². The van der Waals surface area contributed by atoms with E-state index in [1.807, 2.05) is 36.4 Å². The first kappa shape index (κ1) is 17.3. The van der Waals surface area contributed by atoms with E-state index < -0.39 is 7.75 Å². The highest BCUT2D eigenvalue weighted by molar-refractivity contribution is 7.50. The third kappa shape index (κ3) is 3.77. The molecule has 0 saturated carbocycles. The molecular formula is C18H23N2O3P. The van der Waals surface area contributed by atoms with Crippen LogP contribution in [0.5, 0.6) is 0 Å². The quantitative estimate of drug-likeness (QED) is 0.843. The van der Waals surface area contributed by atoms with Crippen molar-refractivity contribution < 1.29 is 14.0 Å². The van der Waals surface area contributed by atoms with Crippen molar-refractivity contribution in [3.8, 4) is 0 Å².